The Morgan fingerprint density at radius 3 is 2.57 bits per heavy atom. The van der Waals surface area contributed by atoms with Crippen LogP contribution in [0, 0.1) is 0 Å². The van der Waals surface area contributed by atoms with E-state index in [1.54, 1.807) is 23.5 Å². The first-order chi connectivity index (χ1) is 10.1. The number of thiophene rings is 1. The van der Waals surface area contributed by atoms with Crippen LogP contribution in [0.3, 0.4) is 0 Å². The summed E-state index contributed by atoms with van der Waals surface area (Å²) in [6.07, 6.45) is 0.699. The lowest BCUT2D eigenvalue weighted by atomic mass is 10.0. The normalized spacial score (nSPS) is 12.7. The van der Waals surface area contributed by atoms with E-state index in [4.69, 9.17) is 23.2 Å². The second kappa shape index (κ2) is 6.37. The van der Waals surface area contributed by atoms with Crippen LogP contribution in [0.5, 0.6) is 0 Å². The van der Waals surface area contributed by atoms with Crippen LogP contribution in [0.4, 0.5) is 0 Å². The summed E-state index contributed by atoms with van der Waals surface area (Å²) in [5.74, 6) is 0. The number of hydrogen-bond acceptors (Lipinski definition) is 2. The van der Waals surface area contributed by atoms with Gasteiger partial charge in [-0.05, 0) is 40.1 Å². The van der Waals surface area contributed by atoms with Crippen LogP contribution in [0.25, 0.3) is 10.1 Å². The molecule has 0 radical (unpaired) electrons. The molecule has 1 atom stereocenters. The number of aliphatic hydroxyl groups is 1. The van der Waals surface area contributed by atoms with Gasteiger partial charge in [-0.2, -0.15) is 0 Å². The number of aliphatic hydroxyl groups excluding tert-OH is 1. The summed E-state index contributed by atoms with van der Waals surface area (Å²) >= 11 is 13.8. The van der Waals surface area contributed by atoms with Gasteiger partial charge in [0.15, 0.2) is 0 Å². The molecule has 0 spiro atoms. The third-order valence-corrected chi connectivity index (χ3v) is 5.09. The van der Waals surface area contributed by atoms with Gasteiger partial charge in [0.1, 0.15) is 0 Å². The van der Waals surface area contributed by atoms with Crippen molar-refractivity contribution in [2.24, 2.45) is 0 Å². The summed E-state index contributed by atoms with van der Waals surface area (Å²) in [5.41, 5.74) is 2.11. The Kier molecular flexibility index (Phi) is 4.51. The average molecular weight is 337 g/mol. The molecular formula is C17H14Cl2OS. The molecule has 0 fully saturated rings. The summed E-state index contributed by atoms with van der Waals surface area (Å²) in [4.78, 5) is 0. The van der Waals surface area contributed by atoms with Crippen LogP contribution in [-0.2, 0) is 12.8 Å². The van der Waals surface area contributed by atoms with Crippen molar-refractivity contribution in [1.29, 1.82) is 0 Å². The standard InChI is InChI=1S/C17H14Cl2OS/c18-13-6-5-11(16(19)9-13)7-14(20)8-12-10-21-17-4-2-1-3-15(12)17/h1-6,9-10,14,20H,7-8H2. The molecule has 1 heterocycles. The lowest BCUT2D eigenvalue weighted by molar-refractivity contribution is 0.176. The lowest BCUT2D eigenvalue weighted by Gasteiger charge is -2.11. The molecule has 21 heavy (non-hydrogen) atoms. The molecule has 0 aliphatic heterocycles. The molecule has 0 saturated heterocycles. The molecule has 0 aliphatic carbocycles. The molecule has 0 bridgehead atoms. The van der Waals surface area contributed by atoms with Gasteiger partial charge in [-0.15, -0.1) is 11.3 Å². The van der Waals surface area contributed by atoms with Crippen LogP contribution >= 0.6 is 34.5 Å². The monoisotopic (exact) mass is 336 g/mol. The fourth-order valence-electron chi connectivity index (χ4n) is 2.46. The van der Waals surface area contributed by atoms with Gasteiger partial charge in [0.2, 0.25) is 0 Å². The van der Waals surface area contributed by atoms with Crippen molar-refractivity contribution < 1.29 is 5.11 Å². The topological polar surface area (TPSA) is 20.2 Å². The third-order valence-electron chi connectivity index (χ3n) is 3.49. The van der Waals surface area contributed by atoms with E-state index in [1.165, 1.54) is 15.6 Å². The highest BCUT2D eigenvalue weighted by Crippen LogP contribution is 2.28. The summed E-state index contributed by atoms with van der Waals surface area (Å²) in [5, 5.41) is 14.9. The van der Waals surface area contributed by atoms with Crippen molar-refractivity contribution in [2.45, 2.75) is 18.9 Å². The molecule has 1 unspecified atom stereocenters. The van der Waals surface area contributed by atoms with Crippen LogP contribution < -0.4 is 0 Å². The summed E-state index contributed by atoms with van der Waals surface area (Å²) in [6.45, 7) is 0. The van der Waals surface area contributed by atoms with Gasteiger partial charge in [-0.1, -0.05) is 47.5 Å². The molecule has 1 aromatic heterocycles. The number of rotatable bonds is 4. The molecule has 1 nitrogen and oxygen atoms in total. The highest BCUT2D eigenvalue weighted by atomic mass is 35.5. The highest BCUT2D eigenvalue weighted by molar-refractivity contribution is 7.17. The van der Waals surface area contributed by atoms with E-state index in [0.29, 0.717) is 22.9 Å². The predicted molar refractivity (Wildman–Crippen MR) is 91.7 cm³/mol. The van der Waals surface area contributed by atoms with Gasteiger partial charge < -0.3 is 5.11 Å². The number of fused-ring (bicyclic) bond motifs is 1. The maximum atomic E-state index is 10.3. The molecule has 4 heteroatoms. The number of benzene rings is 2. The molecule has 0 amide bonds. The number of halogens is 2. The van der Waals surface area contributed by atoms with Gasteiger partial charge in [-0.3, -0.25) is 0 Å². The van der Waals surface area contributed by atoms with Crippen molar-refractivity contribution in [3.05, 3.63) is 69.0 Å². The highest BCUT2D eigenvalue weighted by Gasteiger charge is 2.12. The van der Waals surface area contributed by atoms with E-state index in [-0.39, 0.29) is 0 Å². The molecule has 1 N–H and O–H groups in total. The fraction of sp³-hybridized carbons (Fsp3) is 0.176. The Morgan fingerprint density at radius 1 is 1.00 bits per heavy atom. The summed E-state index contributed by atoms with van der Waals surface area (Å²) < 4.78 is 1.25. The van der Waals surface area contributed by atoms with Crippen molar-refractivity contribution in [3.8, 4) is 0 Å². The van der Waals surface area contributed by atoms with E-state index in [2.05, 4.69) is 17.5 Å². The van der Waals surface area contributed by atoms with E-state index >= 15 is 0 Å². The fourth-order valence-corrected chi connectivity index (χ4v) is 3.92. The summed E-state index contributed by atoms with van der Waals surface area (Å²) in [6, 6.07) is 13.7. The molecule has 0 saturated carbocycles. The Labute approximate surface area is 137 Å². The zero-order valence-electron chi connectivity index (χ0n) is 11.2. The first-order valence-corrected chi connectivity index (χ1v) is 8.34. The van der Waals surface area contributed by atoms with E-state index in [1.807, 2.05) is 18.2 Å². The van der Waals surface area contributed by atoms with Crippen molar-refractivity contribution in [1.82, 2.24) is 0 Å². The second-order valence-electron chi connectivity index (χ2n) is 5.05. The Balaban J connectivity index is 1.75. The van der Waals surface area contributed by atoms with Gasteiger partial charge in [0.25, 0.3) is 0 Å². The van der Waals surface area contributed by atoms with Crippen LogP contribution in [-0.4, -0.2) is 11.2 Å². The predicted octanol–water partition coefficient (Wildman–Crippen LogP) is 5.35. The maximum Gasteiger partial charge on any atom is 0.0621 e. The van der Waals surface area contributed by atoms with Crippen molar-refractivity contribution in [2.75, 3.05) is 0 Å². The smallest absolute Gasteiger partial charge is 0.0621 e. The molecular weight excluding hydrogens is 323 g/mol. The third kappa shape index (κ3) is 3.41. The Hall–Kier alpha value is -1.06. The lowest BCUT2D eigenvalue weighted by Crippen LogP contribution is -2.14. The molecule has 108 valence electrons. The minimum Gasteiger partial charge on any atom is -0.392 e. The minimum atomic E-state index is -0.457. The first kappa shape index (κ1) is 14.9. The maximum absolute atomic E-state index is 10.3. The van der Waals surface area contributed by atoms with Gasteiger partial charge in [0.05, 0.1) is 6.10 Å². The zero-order chi connectivity index (χ0) is 14.8. The largest absolute Gasteiger partial charge is 0.392 e. The number of hydrogen-bond donors (Lipinski definition) is 1. The molecule has 2 aromatic carbocycles. The Bertz CT molecular complexity index is 766. The van der Waals surface area contributed by atoms with Gasteiger partial charge in [0, 0.05) is 27.6 Å². The van der Waals surface area contributed by atoms with Crippen molar-refractivity contribution in [3.63, 3.8) is 0 Å². The quantitative estimate of drug-likeness (QED) is 0.680. The van der Waals surface area contributed by atoms with Crippen LogP contribution in [0.2, 0.25) is 10.0 Å². The van der Waals surface area contributed by atoms with Crippen molar-refractivity contribution >= 4 is 44.6 Å². The van der Waals surface area contributed by atoms with Crippen LogP contribution in [0.1, 0.15) is 11.1 Å². The van der Waals surface area contributed by atoms with E-state index in [0.717, 1.165) is 5.56 Å². The van der Waals surface area contributed by atoms with Crippen LogP contribution in [0.15, 0.2) is 47.8 Å². The Morgan fingerprint density at radius 2 is 1.76 bits per heavy atom. The molecule has 3 rings (SSSR count). The minimum absolute atomic E-state index is 0.457. The van der Waals surface area contributed by atoms with E-state index in [9.17, 15) is 5.11 Å². The van der Waals surface area contributed by atoms with E-state index < -0.39 is 6.10 Å². The summed E-state index contributed by atoms with van der Waals surface area (Å²) in [7, 11) is 0. The van der Waals surface area contributed by atoms with Gasteiger partial charge in [-0.25, -0.2) is 0 Å². The SMILES string of the molecule is OC(Cc1ccc(Cl)cc1Cl)Cc1csc2ccccc12. The molecule has 3 aromatic rings. The molecule has 0 aliphatic rings. The first-order valence-electron chi connectivity index (χ1n) is 6.70. The zero-order valence-corrected chi connectivity index (χ0v) is 13.6. The average Bonchev–Trinajstić information content (AvgIpc) is 2.85. The second-order valence-corrected chi connectivity index (χ2v) is 6.81. The van der Waals surface area contributed by atoms with Gasteiger partial charge >= 0.3 is 0 Å².